The standard InChI is InChI=1S/C13H10ClN3O/c1-8-2-3-11(14)12(4-8)18-13-9(6-15)5-10(16)7-17-13/h2-5,7H,16H2,1H3. The van der Waals surface area contributed by atoms with Gasteiger partial charge in [0.25, 0.3) is 0 Å². The highest BCUT2D eigenvalue weighted by atomic mass is 35.5. The van der Waals surface area contributed by atoms with E-state index < -0.39 is 0 Å². The lowest BCUT2D eigenvalue weighted by Crippen LogP contribution is -1.95. The molecule has 0 bridgehead atoms. The molecule has 1 heterocycles. The number of nitriles is 1. The van der Waals surface area contributed by atoms with E-state index in [9.17, 15) is 0 Å². The van der Waals surface area contributed by atoms with E-state index in [1.165, 1.54) is 12.3 Å². The van der Waals surface area contributed by atoms with Crippen molar-refractivity contribution >= 4 is 17.3 Å². The number of nitrogens with zero attached hydrogens (tertiary/aromatic N) is 2. The predicted octanol–water partition coefficient (Wildman–Crippen LogP) is 3.29. The maximum atomic E-state index is 8.99. The highest BCUT2D eigenvalue weighted by Gasteiger charge is 2.09. The van der Waals surface area contributed by atoms with E-state index in [1.54, 1.807) is 12.1 Å². The zero-order valence-electron chi connectivity index (χ0n) is 9.64. The Hall–Kier alpha value is -2.25. The number of pyridine rings is 1. The van der Waals surface area contributed by atoms with Crippen molar-refractivity contribution in [2.24, 2.45) is 0 Å². The van der Waals surface area contributed by atoms with Gasteiger partial charge in [0.1, 0.15) is 17.4 Å². The van der Waals surface area contributed by atoms with Gasteiger partial charge in [-0.3, -0.25) is 0 Å². The third-order valence-electron chi connectivity index (χ3n) is 2.29. The molecule has 0 aliphatic heterocycles. The van der Waals surface area contributed by atoms with E-state index in [0.717, 1.165) is 5.56 Å². The summed E-state index contributed by atoms with van der Waals surface area (Å²) in [5.41, 5.74) is 7.24. The third-order valence-corrected chi connectivity index (χ3v) is 2.60. The summed E-state index contributed by atoms with van der Waals surface area (Å²) >= 11 is 6.01. The molecule has 2 rings (SSSR count). The molecule has 0 spiro atoms. The zero-order chi connectivity index (χ0) is 13.1. The topological polar surface area (TPSA) is 71.9 Å². The van der Waals surface area contributed by atoms with Gasteiger partial charge in [0.05, 0.1) is 16.9 Å². The van der Waals surface area contributed by atoms with Crippen LogP contribution in [0, 0.1) is 18.3 Å². The summed E-state index contributed by atoms with van der Waals surface area (Å²) in [7, 11) is 0. The van der Waals surface area contributed by atoms with Crippen LogP contribution in [0.5, 0.6) is 11.6 Å². The molecule has 18 heavy (non-hydrogen) atoms. The fourth-order valence-electron chi connectivity index (χ4n) is 1.42. The minimum Gasteiger partial charge on any atom is -0.436 e. The van der Waals surface area contributed by atoms with Gasteiger partial charge in [-0.15, -0.1) is 0 Å². The van der Waals surface area contributed by atoms with Gasteiger partial charge >= 0.3 is 0 Å². The Morgan fingerprint density at radius 3 is 2.89 bits per heavy atom. The number of benzene rings is 1. The lowest BCUT2D eigenvalue weighted by Gasteiger charge is -2.08. The Morgan fingerprint density at radius 2 is 2.17 bits per heavy atom. The van der Waals surface area contributed by atoms with Crippen molar-refractivity contribution in [3.05, 3.63) is 46.6 Å². The number of anilines is 1. The van der Waals surface area contributed by atoms with Crippen LogP contribution in [0.3, 0.4) is 0 Å². The van der Waals surface area contributed by atoms with Crippen molar-refractivity contribution in [3.8, 4) is 17.7 Å². The molecule has 90 valence electrons. The molecule has 0 fully saturated rings. The Morgan fingerprint density at radius 1 is 1.39 bits per heavy atom. The fraction of sp³-hybridized carbons (Fsp3) is 0.0769. The van der Waals surface area contributed by atoms with E-state index in [2.05, 4.69) is 4.98 Å². The van der Waals surface area contributed by atoms with Crippen LogP contribution >= 0.6 is 11.6 Å². The normalized spacial score (nSPS) is 9.83. The lowest BCUT2D eigenvalue weighted by molar-refractivity contribution is 0.461. The molecular weight excluding hydrogens is 250 g/mol. The van der Waals surface area contributed by atoms with Crippen LogP contribution in [0.25, 0.3) is 0 Å². The van der Waals surface area contributed by atoms with Crippen LogP contribution in [0.4, 0.5) is 5.69 Å². The molecule has 5 heteroatoms. The van der Waals surface area contributed by atoms with Crippen molar-refractivity contribution in [2.75, 3.05) is 5.73 Å². The van der Waals surface area contributed by atoms with E-state index in [0.29, 0.717) is 16.5 Å². The summed E-state index contributed by atoms with van der Waals surface area (Å²) in [5, 5.41) is 9.45. The van der Waals surface area contributed by atoms with Crippen LogP contribution in [-0.2, 0) is 0 Å². The Balaban J connectivity index is 2.40. The van der Waals surface area contributed by atoms with Gasteiger partial charge in [-0.2, -0.15) is 5.26 Å². The molecule has 1 aromatic heterocycles. The molecule has 2 aromatic rings. The molecule has 0 saturated carbocycles. The highest BCUT2D eigenvalue weighted by Crippen LogP contribution is 2.31. The van der Waals surface area contributed by atoms with Gasteiger partial charge in [-0.25, -0.2) is 4.98 Å². The van der Waals surface area contributed by atoms with E-state index in [4.69, 9.17) is 27.3 Å². The average molecular weight is 260 g/mol. The predicted molar refractivity (Wildman–Crippen MR) is 69.6 cm³/mol. The molecule has 4 nitrogen and oxygen atoms in total. The molecule has 0 aliphatic rings. The van der Waals surface area contributed by atoms with Gasteiger partial charge in [0.15, 0.2) is 0 Å². The average Bonchev–Trinajstić information content (AvgIpc) is 2.36. The first-order valence-corrected chi connectivity index (χ1v) is 5.57. The molecule has 0 aliphatic carbocycles. The van der Waals surface area contributed by atoms with Crippen molar-refractivity contribution in [2.45, 2.75) is 6.92 Å². The molecule has 0 unspecified atom stereocenters. The molecular formula is C13H10ClN3O. The summed E-state index contributed by atoms with van der Waals surface area (Å²) in [6, 6.07) is 8.87. The number of hydrogen-bond acceptors (Lipinski definition) is 4. The molecule has 1 aromatic carbocycles. The van der Waals surface area contributed by atoms with E-state index in [-0.39, 0.29) is 11.4 Å². The summed E-state index contributed by atoms with van der Waals surface area (Å²) in [5.74, 6) is 0.657. The van der Waals surface area contributed by atoms with Crippen LogP contribution in [0.2, 0.25) is 5.02 Å². The molecule has 0 saturated heterocycles. The number of aromatic nitrogens is 1. The van der Waals surface area contributed by atoms with Gasteiger partial charge in [-0.05, 0) is 30.7 Å². The second-order valence-corrected chi connectivity index (χ2v) is 4.18. The summed E-state index contributed by atoms with van der Waals surface area (Å²) in [6.07, 6.45) is 1.43. The Bertz CT molecular complexity index is 635. The summed E-state index contributed by atoms with van der Waals surface area (Å²) in [4.78, 5) is 3.99. The van der Waals surface area contributed by atoms with Crippen molar-refractivity contribution in [3.63, 3.8) is 0 Å². The minimum atomic E-state index is 0.194. The van der Waals surface area contributed by atoms with Crippen molar-refractivity contribution in [1.82, 2.24) is 4.98 Å². The Kier molecular flexibility index (Phi) is 3.35. The highest BCUT2D eigenvalue weighted by molar-refractivity contribution is 6.32. The smallest absolute Gasteiger partial charge is 0.237 e. The fourth-order valence-corrected chi connectivity index (χ4v) is 1.58. The number of ether oxygens (including phenoxy) is 1. The van der Waals surface area contributed by atoms with Crippen molar-refractivity contribution in [1.29, 1.82) is 5.26 Å². The second kappa shape index (κ2) is 4.94. The number of rotatable bonds is 2. The number of hydrogen-bond donors (Lipinski definition) is 1. The first-order chi connectivity index (χ1) is 8.60. The molecule has 0 atom stereocenters. The van der Waals surface area contributed by atoms with Crippen LogP contribution in [-0.4, -0.2) is 4.98 Å². The number of halogens is 1. The number of aryl methyl sites for hydroxylation is 1. The van der Waals surface area contributed by atoms with E-state index >= 15 is 0 Å². The molecule has 2 N–H and O–H groups in total. The third kappa shape index (κ3) is 2.53. The minimum absolute atomic E-state index is 0.194. The Labute approximate surface area is 110 Å². The maximum Gasteiger partial charge on any atom is 0.237 e. The largest absolute Gasteiger partial charge is 0.436 e. The van der Waals surface area contributed by atoms with Crippen LogP contribution < -0.4 is 10.5 Å². The maximum absolute atomic E-state index is 8.99. The summed E-state index contributed by atoms with van der Waals surface area (Å²) < 4.78 is 5.55. The molecule has 0 radical (unpaired) electrons. The molecule has 0 amide bonds. The van der Waals surface area contributed by atoms with Gasteiger partial charge in [0.2, 0.25) is 5.88 Å². The summed E-state index contributed by atoms with van der Waals surface area (Å²) in [6.45, 7) is 1.92. The number of nitrogen functional groups attached to an aromatic ring is 1. The van der Waals surface area contributed by atoms with Crippen LogP contribution in [0.1, 0.15) is 11.1 Å². The van der Waals surface area contributed by atoms with E-state index in [1.807, 2.05) is 19.1 Å². The first-order valence-electron chi connectivity index (χ1n) is 5.20. The quantitative estimate of drug-likeness (QED) is 0.898. The monoisotopic (exact) mass is 259 g/mol. The van der Waals surface area contributed by atoms with Gasteiger partial charge in [-0.1, -0.05) is 17.7 Å². The number of nitrogens with two attached hydrogens (primary N) is 1. The zero-order valence-corrected chi connectivity index (χ0v) is 10.4. The van der Waals surface area contributed by atoms with Gasteiger partial charge in [0, 0.05) is 0 Å². The second-order valence-electron chi connectivity index (χ2n) is 3.77. The lowest BCUT2D eigenvalue weighted by atomic mass is 10.2. The first kappa shape index (κ1) is 12.2. The SMILES string of the molecule is Cc1ccc(Cl)c(Oc2ncc(N)cc2C#N)c1. The van der Waals surface area contributed by atoms with Gasteiger partial charge < -0.3 is 10.5 Å². The van der Waals surface area contributed by atoms with Crippen molar-refractivity contribution < 1.29 is 4.74 Å². The van der Waals surface area contributed by atoms with Crippen LogP contribution in [0.15, 0.2) is 30.5 Å².